The Kier molecular flexibility index (Phi) is 5.46. The molecule has 1 atom stereocenters. The number of carbonyl (C=O) groups excluding carboxylic acids is 1. The van der Waals surface area contributed by atoms with E-state index in [9.17, 15) is 26.4 Å². The van der Waals surface area contributed by atoms with Gasteiger partial charge in [-0.1, -0.05) is 17.7 Å². The first-order valence-corrected chi connectivity index (χ1v) is 8.96. The standard InChI is InChI=1S/C14H16ClF3N2O3S/c1-9-4-5-10(15)7-12(9)24(22,23)20-6-2-3-11(20)13(21)19-8-14(16,17)18/h4-5,7,11H,2-3,6,8H2,1H3,(H,19,21). The summed E-state index contributed by atoms with van der Waals surface area (Å²) in [6, 6.07) is 3.18. The van der Waals surface area contributed by atoms with Crippen molar-refractivity contribution in [1.82, 2.24) is 9.62 Å². The minimum Gasteiger partial charge on any atom is -0.346 e. The van der Waals surface area contributed by atoms with E-state index in [0.717, 1.165) is 4.31 Å². The molecule has 134 valence electrons. The molecule has 1 heterocycles. The molecule has 5 nitrogen and oxygen atoms in total. The van der Waals surface area contributed by atoms with Crippen molar-refractivity contribution in [2.75, 3.05) is 13.1 Å². The van der Waals surface area contributed by atoms with E-state index >= 15 is 0 Å². The number of rotatable bonds is 4. The Hall–Kier alpha value is -1.32. The zero-order valence-electron chi connectivity index (χ0n) is 12.7. The van der Waals surface area contributed by atoms with Gasteiger partial charge in [0.25, 0.3) is 0 Å². The number of hydrogen-bond donors (Lipinski definition) is 1. The van der Waals surface area contributed by atoms with Gasteiger partial charge in [0.1, 0.15) is 12.6 Å². The zero-order chi connectivity index (χ0) is 18.1. The second-order valence-corrected chi connectivity index (χ2v) is 7.81. The van der Waals surface area contributed by atoms with Crippen molar-refractivity contribution in [2.24, 2.45) is 0 Å². The van der Waals surface area contributed by atoms with Crippen LogP contribution in [0.4, 0.5) is 13.2 Å². The van der Waals surface area contributed by atoms with E-state index in [1.165, 1.54) is 18.2 Å². The van der Waals surface area contributed by atoms with E-state index in [2.05, 4.69) is 0 Å². The molecule has 2 rings (SSSR count). The van der Waals surface area contributed by atoms with Crippen molar-refractivity contribution < 1.29 is 26.4 Å². The maximum absolute atomic E-state index is 12.8. The van der Waals surface area contributed by atoms with Crippen LogP contribution in [-0.2, 0) is 14.8 Å². The number of benzene rings is 1. The normalized spacial score (nSPS) is 19.5. The molecule has 1 aromatic carbocycles. The van der Waals surface area contributed by atoms with E-state index in [4.69, 9.17) is 11.6 Å². The molecule has 1 unspecified atom stereocenters. The zero-order valence-corrected chi connectivity index (χ0v) is 14.3. The van der Waals surface area contributed by atoms with Crippen LogP contribution in [0.3, 0.4) is 0 Å². The fourth-order valence-corrected chi connectivity index (χ4v) is 4.72. The van der Waals surface area contributed by atoms with E-state index in [1.54, 1.807) is 12.2 Å². The third-order valence-electron chi connectivity index (χ3n) is 3.71. The maximum Gasteiger partial charge on any atom is 0.405 e. The maximum atomic E-state index is 12.8. The van der Waals surface area contributed by atoms with Crippen LogP contribution >= 0.6 is 11.6 Å². The molecule has 0 bridgehead atoms. The van der Waals surface area contributed by atoms with Crippen LogP contribution in [0.5, 0.6) is 0 Å². The van der Waals surface area contributed by atoms with Crippen LogP contribution in [0.1, 0.15) is 18.4 Å². The number of alkyl halides is 3. The number of nitrogens with one attached hydrogen (secondary N) is 1. The van der Waals surface area contributed by atoms with Crippen molar-refractivity contribution in [3.8, 4) is 0 Å². The number of carbonyl (C=O) groups is 1. The van der Waals surface area contributed by atoms with Crippen LogP contribution in [-0.4, -0.2) is 43.9 Å². The summed E-state index contributed by atoms with van der Waals surface area (Å²) >= 11 is 5.84. The van der Waals surface area contributed by atoms with Crippen molar-refractivity contribution in [1.29, 1.82) is 0 Å². The Bertz CT molecular complexity index is 737. The van der Waals surface area contributed by atoms with Gasteiger partial charge in [-0.15, -0.1) is 0 Å². The van der Waals surface area contributed by atoms with Crippen molar-refractivity contribution >= 4 is 27.5 Å². The van der Waals surface area contributed by atoms with Gasteiger partial charge in [-0.05, 0) is 37.5 Å². The van der Waals surface area contributed by atoms with Gasteiger partial charge in [-0.25, -0.2) is 8.42 Å². The van der Waals surface area contributed by atoms with E-state index in [0.29, 0.717) is 12.0 Å². The van der Waals surface area contributed by atoms with Crippen LogP contribution in [0.25, 0.3) is 0 Å². The number of sulfonamides is 1. The van der Waals surface area contributed by atoms with E-state index in [1.807, 2.05) is 0 Å². The van der Waals surface area contributed by atoms with Crippen molar-refractivity contribution in [3.63, 3.8) is 0 Å². The molecule has 1 N–H and O–H groups in total. The summed E-state index contributed by atoms with van der Waals surface area (Å²) in [5.74, 6) is -0.951. The Morgan fingerprint density at radius 1 is 1.42 bits per heavy atom. The van der Waals surface area contributed by atoms with E-state index < -0.39 is 34.7 Å². The van der Waals surface area contributed by atoms with Crippen LogP contribution in [0.2, 0.25) is 5.02 Å². The lowest BCUT2D eigenvalue weighted by Gasteiger charge is -2.24. The molecule has 24 heavy (non-hydrogen) atoms. The van der Waals surface area contributed by atoms with Gasteiger partial charge < -0.3 is 5.32 Å². The Morgan fingerprint density at radius 3 is 2.71 bits per heavy atom. The van der Waals surface area contributed by atoms with E-state index in [-0.39, 0.29) is 22.9 Å². The smallest absolute Gasteiger partial charge is 0.346 e. The van der Waals surface area contributed by atoms with Crippen LogP contribution < -0.4 is 5.32 Å². The average molecular weight is 385 g/mol. The van der Waals surface area contributed by atoms with Gasteiger partial charge in [0.15, 0.2) is 0 Å². The monoisotopic (exact) mass is 384 g/mol. The molecule has 1 aliphatic heterocycles. The molecule has 0 aliphatic carbocycles. The minimum absolute atomic E-state index is 0.0504. The summed E-state index contributed by atoms with van der Waals surface area (Å²) in [4.78, 5) is 11.9. The lowest BCUT2D eigenvalue weighted by atomic mass is 10.2. The SMILES string of the molecule is Cc1ccc(Cl)cc1S(=O)(=O)N1CCCC1C(=O)NCC(F)(F)F. The van der Waals surface area contributed by atoms with Crippen molar-refractivity contribution in [3.05, 3.63) is 28.8 Å². The van der Waals surface area contributed by atoms with Gasteiger partial charge in [0.2, 0.25) is 15.9 Å². The molecule has 0 aromatic heterocycles. The largest absolute Gasteiger partial charge is 0.405 e. The predicted octanol–water partition coefficient (Wildman–Crippen LogP) is 2.48. The Balaban J connectivity index is 2.26. The van der Waals surface area contributed by atoms with Gasteiger partial charge in [-0.3, -0.25) is 4.79 Å². The summed E-state index contributed by atoms with van der Waals surface area (Å²) in [5, 5.41) is 1.97. The topological polar surface area (TPSA) is 66.5 Å². The molecule has 0 spiro atoms. The molecule has 1 aliphatic rings. The van der Waals surface area contributed by atoms with Gasteiger partial charge in [0.05, 0.1) is 4.90 Å². The van der Waals surface area contributed by atoms with Gasteiger partial charge >= 0.3 is 6.18 Å². The molecule has 1 saturated heterocycles. The molecule has 0 radical (unpaired) electrons. The molecule has 10 heteroatoms. The first-order chi connectivity index (χ1) is 11.0. The first-order valence-electron chi connectivity index (χ1n) is 7.15. The fourth-order valence-electron chi connectivity index (χ4n) is 2.57. The molecule has 1 aromatic rings. The van der Waals surface area contributed by atoms with Crippen LogP contribution in [0, 0.1) is 6.92 Å². The molecule has 0 saturated carbocycles. The van der Waals surface area contributed by atoms with Gasteiger partial charge in [-0.2, -0.15) is 17.5 Å². The summed E-state index contributed by atoms with van der Waals surface area (Å²) in [5.41, 5.74) is 0.445. The molecule has 1 fully saturated rings. The lowest BCUT2D eigenvalue weighted by Crippen LogP contribution is -2.48. The Labute approximate surface area is 142 Å². The second kappa shape index (κ2) is 6.89. The minimum atomic E-state index is -4.55. The van der Waals surface area contributed by atoms with Crippen LogP contribution in [0.15, 0.2) is 23.1 Å². The number of amides is 1. The molecular weight excluding hydrogens is 369 g/mol. The summed E-state index contributed by atoms with van der Waals surface area (Å²) in [7, 11) is -4.03. The number of nitrogens with zero attached hydrogens (tertiary/aromatic N) is 1. The molecule has 1 amide bonds. The lowest BCUT2D eigenvalue weighted by molar-refractivity contribution is -0.140. The average Bonchev–Trinajstić information content (AvgIpc) is 2.96. The molecular formula is C14H16ClF3N2O3S. The quantitative estimate of drug-likeness (QED) is 0.867. The van der Waals surface area contributed by atoms with Gasteiger partial charge in [0, 0.05) is 11.6 Å². The highest BCUT2D eigenvalue weighted by Gasteiger charge is 2.41. The number of halogens is 4. The predicted molar refractivity (Wildman–Crippen MR) is 82.2 cm³/mol. The first kappa shape index (κ1) is 19.0. The second-order valence-electron chi connectivity index (χ2n) is 5.52. The number of aryl methyl sites for hydroxylation is 1. The highest BCUT2D eigenvalue weighted by Crippen LogP contribution is 2.29. The highest BCUT2D eigenvalue weighted by atomic mass is 35.5. The summed E-state index contributed by atoms with van der Waals surface area (Å²) in [6.45, 7) is 0.156. The highest BCUT2D eigenvalue weighted by molar-refractivity contribution is 7.89. The fraction of sp³-hybridized carbons (Fsp3) is 0.500. The third kappa shape index (κ3) is 4.20. The Morgan fingerprint density at radius 2 is 2.08 bits per heavy atom. The third-order valence-corrected chi connectivity index (χ3v) is 5.99. The number of hydrogen-bond acceptors (Lipinski definition) is 3. The summed E-state index contributed by atoms with van der Waals surface area (Å²) < 4.78 is 63.2. The van der Waals surface area contributed by atoms with Crippen molar-refractivity contribution in [2.45, 2.75) is 36.9 Å². The summed E-state index contributed by atoms with van der Waals surface area (Å²) in [6.07, 6.45) is -3.99.